The third-order valence-electron chi connectivity index (χ3n) is 3.84. The molecule has 2 aromatic rings. The highest BCUT2D eigenvalue weighted by atomic mass is 16.5. The summed E-state index contributed by atoms with van der Waals surface area (Å²) in [5, 5.41) is 0.869. The monoisotopic (exact) mass is 287 g/mol. The summed E-state index contributed by atoms with van der Waals surface area (Å²) in [7, 11) is 1.63. The van der Waals surface area contributed by atoms with E-state index in [4.69, 9.17) is 9.47 Å². The van der Waals surface area contributed by atoms with E-state index in [1.807, 2.05) is 12.1 Å². The molecule has 1 aromatic carbocycles. The van der Waals surface area contributed by atoms with Crippen LogP contribution >= 0.6 is 0 Å². The van der Waals surface area contributed by atoms with Crippen LogP contribution in [0.25, 0.3) is 10.9 Å². The largest absolute Gasteiger partial charge is 0.496 e. The number of carbonyl (C=O) groups is 1. The Morgan fingerprint density at radius 2 is 2.19 bits per heavy atom. The fourth-order valence-corrected chi connectivity index (χ4v) is 2.95. The van der Waals surface area contributed by atoms with Gasteiger partial charge < -0.3 is 14.0 Å². The van der Waals surface area contributed by atoms with Gasteiger partial charge in [0.2, 0.25) is 0 Å². The Bertz CT molecular complexity index is 776. The summed E-state index contributed by atoms with van der Waals surface area (Å²) in [5.74, 6) is 0.232. The van der Waals surface area contributed by atoms with Crippen molar-refractivity contribution >= 4 is 16.9 Å². The van der Waals surface area contributed by atoms with E-state index < -0.39 is 5.97 Å². The number of ether oxygens (including phenoxy) is 2. The molecule has 0 saturated carbocycles. The van der Waals surface area contributed by atoms with Gasteiger partial charge in [-0.2, -0.15) is 0 Å². The van der Waals surface area contributed by atoms with Gasteiger partial charge in [-0.05, 0) is 43.4 Å². The van der Waals surface area contributed by atoms with Gasteiger partial charge in [-0.25, -0.2) is 4.79 Å². The Balaban J connectivity index is 2.32. The van der Waals surface area contributed by atoms with Gasteiger partial charge in [-0.1, -0.05) is 0 Å². The maximum atomic E-state index is 12.5. The van der Waals surface area contributed by atoms with E-state index in [2.05, 4.69) is 0 Å². The summed E-state index contributed by atoms with van der Waals surface area (Å²) < 4.78 is 12.0. The minimum absolute atomic E-state index is 0.0994. The van der Waals surface area contributed by atoms with Crippen LogP contribution in [0.4, 0.5) is 0 Å². The van der Waals surface area contributed by atoms with E-state index in [0.29, 0.717) is 6.54 Å². The molecule has 0 fully saturated rings. The van der Waals surface area contributed by atoms with Gasteiger partial charge in [0.15, 0.2) is 0 Å². The smallest absolute Gasteiger partial charge is 0.343 e. The quantitative estimate of drug-likeness (QED) is 0.811. The van der Waals surface area contributed by atoms with Gasteiger partial charge in [0.05, 0.1) is 19.2 Å². The third kappa shape index (κ3) is 2.09. The molecule has 5 nitrogen and oxygen atoms in total. The third-order valence-corrected chi connectivity index (χ3v) is 3.84. The van der Waals surface area contributed by atoms with Crippen molar-refractivity contribution in [2.75, 3.05) is 13.7 Å². The van der Waals surface area contributed by atoms with Crippen LogP contribution < -0.4 is 10.3 Å². The zero-order valence-corrected chi connectivity index (χ0v) is 12.1. The number of esters is 1. The SMILES string of the molecule is CCOC(=O)c1cc2ccc(OC)c3c2n(c1=O)CCC3. The first-order chi connectivity index (χ1) is 10.2. The van der Waals surface area contributed by atoms with Gasteiger partial charge in [0, 0.05) is 12.1 Å². The second kappa shape index (κ2) is 5.24. The van der Waals surface area contributed by atoms with Crippen molar-refractivity contribution in [2.24, 2.45) is 0 Å². The summed E-state index contributed by atoms with van der Waals surface area (Å²) in [4.78, 5) is 24.5. The molecule has 0 spiro atoms. The van der Waals surface area contributed by atoms with E-state index >= 15 is 0 Å². The highest BCUT2D eigenvalue weighted by molar-refractivity contribution is 5.95. The number of pyridine rings is 1. The molecular weight excluding hydrogens is 270 g/mol. The number of aromatic nitrogens is 1. The van der Waals surface area contributed by atoms with E-state index in [1.54, 1.807) is 24.7 Å². The van der Waals surface area contributed by atoms with Crippen molar-refractivity contribution < 1.29 is 14.3 Å². The average Bonchev–Trinajstić information content (AvgIpc) is 2.51. The number of hydrogen-bond donors (Lipinski definition) is 0. The van der Waals surface area contributed by atoms with Crippen molar-refractivity contribution in [2.45, 2.75) is 26.3 Å². The van der Waals surface area contributed by atoms with Crippen molar-refractivity contribution in [3.8, 4) is 5.75 Å². The fourth-order valence-electron chi connectivity index (χ4n) is 2.95. The number of rotatable bonds is 3. The van der Waals surface area contributed by atoms with E-state index in [9.17, 15) is 9.59 Å². The predicted octanol–water partition coefficient (Wildman–Crippen LogP) is 2.13. The first-order valence-corrected chi connectivity index (χ1v) is 7.08. The Morgan fingerprint density at radius 3 is 2.90 bits per heavy atom. The Labute approximate surface area is 122 Å². The lowest BCUT2D eigenvalue weighted by atomic mass is 9.99. The highest BCUT2D eigenvalue weighted by Crippen LogP contribution is 2.31. The molecule has 1 aliphatic heterocycles. The molecule has 110 valence electrons. The topological polar surface area (TPSA) is 57.5 Å². The maximum Gasteiger partial charge on any atom is 0.343 e. The molecule has 0 N–H and O–H groups in total. The zero-order chi connectivity index (χ0) is 15.0. The summed E-state index contributed by atoms with van der Waals surface area (Å²) in [6.45, 7) is 2.59. The second-order valence-electron chi connectivity index (χ2n) is 5.02. The molecule has 5 heteroatoms. The lowest BCUT2D eigenvalue weighted by Crippen LogP contribution is -2.30. The molecule has 0 bridgehead atoms. The van der Waals surface area contributed by atoms with Gasteiger partial charge >= 0.3 is 5.97 Å². The Kier molecular flexibility index (Phi) is 3.41. The summed E-state index contributed by atoms with van der Waals surface area (Å²) >= 11 is 0. The molecule has 1 aliphatic rings. The molecule has 0 unspecified atom stereocenters. The maximum absolute atomic E-state index is 12.5. The van der Waals surface area contributed by atoms with Crippen LogP contribution in [0.2, 0.25) is 0 Å². The van der Waals surface area contributed by atoms with Gasteiger partial charge in [-0.3, -0.25) is 4.79 Å². The van der Waals surface area contributed by atoms with Crippen LogP contribution in [-0.2, 0) is 17.7 Å². The first-order valence-electron chi connectivity index (χ1n) is 7.08. The fraction of sp³-hybridized carbons (Fsp3) is 0.375. The van der Waals surface area contributed by atoms with E-state index in [-0.39, 0.29) is 17.7 Å². The molecule has 0 saturated heterocycles. The molecule has 21 heavy (non-hydrogen) atoms. The first kappa shape index (κ1) is 13.7. The molecule has 0 radical (unpaired) electrons. The molecule has 0 atom stereocenters. The number of methoxy groups -OCH3 is 1. The minimum atomic E-state index is -0.559. The second-order valence-corrected chi connectivity index (χ2v) is 5.02. The van der Waals surface area contributed by atoms with Crippen molar-refractivity contribution in [3.05, 3.63) is 39.7 Å². The van der Waals surface area contributed by atoms with Crippen LogP contribution in [-0.4, -0.2) is 24.3 Å². The van der Waals surface area contributed by atoms with Crippen molar-refractivity contribution in [3.63, 3.8) is 0 Å². The summed E-state index contributed by atoms with van der Waals surface area (Å²) in [6, 6.07) is 5.38. The average molecular weight is 287 g/mol. The zero-order valence-electron chi connectivity index (χ0n) is 12.1. The molecular formula is C16H17NO4. The van der Waals surface area contributed by atoms with Crippen molar-refractivity contribution in [1.29, 1.82) is 0 Å². The Hall–Kier alpha value is -2.30. The summed E-state index contributed by atoms with van der Waals surface area (Å²) in [6.07, 6.45) is 1.73. The Morgan fingerprint density at radius 1 is 1.38 bits per heavy atom. The van der Waals surface area contributed by atoms with Gasteiger partial charge in [-0.15, -0.1) is 0 Å². The number of benzene rings is 1. The van der Waals surface area contributed by atoms with Crippen LogP contribution in [0.3, 0.4) is 0 Å². The van der Waals surface area contributed by atoms with Crippen molar-refractivity contribution in [1.82, 2.24) is 4.57 Å². The van der Waals surface area contributed by atoms with Crippen LogP contribution in [0, 0.1) is 0 Å². The molecule has 3 rings (SSSR count). The van der Waals surface area contributed by atoms with E-state index in [0.717, 1.165) is 35.1 Å². The predicted molar refractivity (Wildman–Crippen MR) is 79.0 cm³/mol. The summed E-state index contributed by atoms with van der Waals surface area (Å²) in [5.41, 5.74) is 1.73. The number of carbonyl (C=O) groups excluding carboxylic acids is 1. The number of nitrogens with zero attached hydrogens (tertiary/aromatic N) is 1. The molecule has 2 heterocycles. The number of aryl methyl sites for hydroxylation is 2. The standard InChI is InChI=1S/C16H17NO4/c1-3-21-16(19)12-9-10-6-7-13(20-2)11-5-4-8-17(14(10)11)15(12)18/h6-7,9H,3-5,8H2,1-2H3. The van der Waals surface area contributed by atoms with Crippen LogP contribution in [0.1, 0.15) is 29.3 Å². The lowest BCUT2D eigenvalue weighted by Gasteiger charge is -2.22. The van der Waals surface area contributed by atoms with Gasteiger partial charge in [0.25, 0.3) is 5.56 Å². The van der Waals surface area contributed by atoms with Gasteiger partial charge in [0.1, 0.15) is 11.3 Å². The number of hydrogen-bond acceptors (Lipinski definition) is 4. The molecule has 1 aromatic heterocycles. The lowest BCUT2D eigenvalue weighted by molar-refractivity contribution is 0.0524. The minimum Gasteiger partial charge on any atom is -0.496 e. The van der Waals surface area contributed by atoms with Crippen LogP contribution in [0.5, 0.6) is 5.75 Å². The molecule has 0 aliphatic carbocycles. The van der Waals surface area contributed by atoms with Crippen LogP contribution in [0.15, 0.2) is 23.0 Å². The van der Waals surface area contributed by atoms with E-state index in [1.165, 1.54) is 0 Å². The normalized spacial score (nSPS) is 13.2. The molecule has 0 amide bonds. The highest BCUT2D eigenvalue weighted by Gasteiger charge is 2.22.